The Balaban J connectivity index is 1.22. The lowest BCUT2D eigenvalue weighted by Crippen LogP contribution is -2.45. The number of carbonyl (C=O) groups excluding carboxylic acids is 2. The molecule has 1 aromatic heterocycles. The van der Waals surface area contributed by atoms with Crippen molar-refractivity contribution >= 4 is 17.6 Å². The van der Waals surface area contributed by atoms with Crippen molar-refractivity contribution in [3.8, 4) is 0 Å². The standard InChI is InChI=1S/C20H26N4O5/c1-13-11-15(22-29-13)24-12-20-4-3-14(28-20)16(17(20)19(24)26)18(25)21-5-2-6-23-7-9-27-10-8-23/h3-4,11,14,16-17H,2,5-10,12H2,1H3,(H,21,25)/t14-,16+,17-,20-/m0/s1. The number of fused-ring (bicyclic) bond motifs is 1. The molecule has 9 nitrogen and oxygen atoms in total. The van der Waals surface area contributed by atoms with Gasteiger partial charge >= 0.3 is 0 Å². The molecule has 0 aliphatic carbocycles. The average molecular weight is 402 g/mol. The maximum absolute atomic E-state index is 13.2. The minimum atomic E-state index is -0.746. The number of hydrogen-bond donors (Lipinski definition) is 1. The Morgan fingerprint density at radius 1 is 1.38 bits per heavy atom. The van der Waals surface area contributed by atoms with Gasteiger partial charge < -0.3 is 19.3 Å². The van der Waals surface area contributed by atoms with Crippen molar-refractivity contribution in [1.82, 2.24) is 15.4 Å². The SMILES string of the molecule is Cc1cc(N2C[C@]34C=C[C@H](O3)[C@@H](C(=O)NCCCN3CCOCC3)[C@H]4C2=O)no1. The van der Waals surface area contributed by atoms with Crippen molar-refractivity contribution in [2.45, 2.75) is 25.0 Å². The molecule has 9 heteroatoms. The van der Waals surface area contributed by atoms with E-state index in [-0.39, 0.29) is 17.9 Å². The van der Waals surface area contributed by atoms with E-state index in [1.165, 1.54) is 0 Å². The normalized spacial score (nSPS) is 33.5. The van der Waals surface area contributed by atoms with Gasteiger partial charge in [-0.3, -0.25) is 19.4 Å². The van der Waals surface area contributed by atoms with Gasteiger partial charge in [-0.1, -0.05) is 17.3 Å². The molecular formula is C20H26N4O5. The number of aromatic nitrogens is 1. The summed E-state index contributed by atoms with van der Waals surface area (Å²) in [6.07, 6.45) is 4.38. The summed E-state index contributed by atoms with van der Waals surface area (Å²) in [7, 11) is 0. The van der Waals surface area contributed by atoms with Crippen molar-refractivity contribution in [1.29, 1.82) is 0 Å². The molecule has 2 amide bonds. The first-order valence-electron chi connectivity index (χ1n) is 10.3. The van der Waals surface area contributed by atoms with E-state index in [4.69, 9.17) is 14.0 Å². The molecule has 5 rings (SSSR count). The molecule has 5 heterocycles. The number of hydrogen-bond acceptors (Lipinski definition) is 7. The molecule has 0 aromatic carbocycles. The van der Waals surface area contributed by atoms with Crippen LogP contribution in [0.1, 0.15) is 12.2 Å². The van der Waals surface area contributed by atoms with Crippen molar-refractivity contribution in [2.24, 2.45) is 11.8 Å². The highest BCUT2D eigenvalue weighted by Crippen LogP contribution is 2.52. The molecule has 1 aromatic rings. The second-order valence-electron chi connectivity index (χ2n) is 8.22. The van der Waals surface area contributed by atoms with Gasteiger partial charge in [0.2, 0.25) is 11.8 Å². The van der Waals surface area contributed by atoms with Gasteiger partial charge in [-0.15, -0.1) is 0 Å². The van der Waals surface area contributed by atoms with E-state index >= 15 is 0 Å². The number of anilines is 1. The third kappa shape index (κ3) is 3.17. The molecule has 156 valence electrons. The highest BCUT2D eigenvalue weighted by molar-refractivity contribution is 6.02. The highest BCUT2D eigenvalue weighted by Gasteiger charge is 2.67. The van der Waals surface area contributed by atoms with Crippen LogP contribution >= 0.6 is 0 Å². The van der Waals surface area contributed by atoms with Crippen LogP contribution in [0.4, 0.5) is 5.82 Å². The summed E-state index contributed by atoms with van der Waals surface area (Å²) < 4.78 is 16.6. The Labute approximate surface area is 169 Å². The van der Waals surface area contributed by atoms with Crippen LogP contribution in [0.25, 0.3) is 0 Å². The first-order valence-corrected chi connectivity index (χ1v) is 10.3. The molecule has 4 atom stereocenters. The number of ether oxygens (including phenoxy) is 2. The van der Waals surface area contributed by atoms with Gasteiger partial charge in [0.1, 0.15) is 11.4 Å². The Morgan fingerprint density at radius 2 is 2.21 bits per heavy atom. The minimum absolute atomic E-state index is 0.111. The second kappa shape index (κ2) is 7.23. The molecule has 4 aliphatic rings. The summed E-state index contributed by atoms with van der Waals surface area (Å²) in [5.74, 6) is -0.153. The Hall–Kier alpha value is -2.23. The van der Waals surface area contributed by atoms with Crippen molar-refractivity contribution in [3.05, 3.63) is 24.0 Å². The van der Waals surface area contributed by atoms with Crippen LogP contribution in [0.15, 0.2) is 22.7 Å². The van der Waals surface area contributed by atoms with Crippen molar-refractivity contribution in [3.63, 3.8) is 0 Å². The second-order valence-corrected chi connectivity index (χ2v) is 8.22. The Bertz CT molecular complexity index is 833. The van der Waals surface area contributed by atoms with Crippen LogP contribution < -0.4 is 10.2 Å². The summed E-state index contributed by atoms with van der Waals surface area (Å²) in [4.78, 5) is 30.0. The third-order valence-corrected chi connectivity index (χ3v) is 6.35. The quantitative estimate of drug-likeness (QED) is 0.533. The van der Waals surface area contributed by atoms with E-state index in [0.717, 1.165) is 39.3 Å². The number of morpholine rings is 1. The molecule has 0 saturated carbocycles. The lowest BCUT2D eigenvalue weighted by Gasteiger charge is -2.27. The number of carbonyl (C=O) groups is 2. The summed E-state index contributed by atoms with van der Waals surface area (Å²) in [5.41, 5.74) is -0.746. The average Bonchev–Trinajstić information content (AvgIpc) is 3.47. The monoisotopic (exact) mass is 402 g/mol. The van der Waals surface area contributed by atoms with Crippen LogP contribution in [0.5, 0.6) is 0 Å². The fraction of sp³-hybridized carbons (Fsp3) is 0.650. The molecule has 1 spiro atoms. The van der Waals surface area contributed by atoms with Gasteiger partial charge in [0.15, 0.2) is 5.82 Å². The molecule has 4 aliphatic heterocycles. The summed E-state index contributed by atoms with van der Waals surface area (Å²) in [6.45, 7) is 7.08. The maximum atomic E-state index is 13.2. The lowest BCUT2D eigenvalue weighted by atomic mass is 9.77. The zero-order valence-electron chi connectivity index (χ0n) is 16.5. The van der Waals surface area contributed by atoms with E-state index in [0.29, 0.717) is 24.7 Å². The van der Waals surface area contributed by atoms with E-state index in [1.54, 1.807) is 17.9 Å². The molecular weight excluding hydrogens is 376 g/mol. The number of nitrogens with zero attached hydrogens (tertiary/aromatic N) is 3. The topological polar surface area (TPSA) is 97.1 Å². The van der Waals surface area contributed by atoms with Gasteiger partial charge in [-0.2, -0.15) is 0 Å². The van der Waals surface area contributed by atoms with Crippen molar-refractivity contribution in [2.75, 3.05) is 50.8 Å². The van der Waals surface area contributed by atoms with Crippen LogP contribution in [-0.4, -0.2) is 79.5 Å². The van der Waals surface area contributed by atoms with E-state index in [9.17, 15) is 9.59 Å². The number of amides is 2. The van der Waals surface area contributed by atoms with Gasteiger partial charge in [0.25, 0.3) is 0 Å². The summed E-state index contributed by atoms with van der Waals surface area (Å²) >= 11 is 0. The van der Waals surface area contributed by atoms with Gasteiger partial charge in [0, 0.05) is 25.7 Å². The molecule has 0 unspecified atom stereocenters. The largest absolute Gasteiger partial charge is 0.379 e. The first-order chi connectivity index (χ1) is 14.1. The molecule has 2 bridgehead atoms. The molecule has 29 heavy (non-hydrogen) atoms. The Kier molecular flexibility index (Phi) is 4.68. The lowest BCUT2D eigenvalue weighted by molar-refractivity contribution is -0.131. The van der Waals surface area contributed by atoms with E-state index in [1.807, 2.05) is 12.2 Å². The van der Waals surface area contributed by atoms with Gasteiger partial charge in [-0.05, 0) is 19.9 Å². The maximum Gasteiger partial charge on any atom is 0.235 e. The van der Waals surface area contributed by atoms with Crippen LogP contribution in [-0.2, 0) is 19.1 Å². The fourth-order valence-corrected chi connectivity index (χ4v) is 4.93. The van der Waals surface area contributed by atoms with Crippen LogP contribution in [0.3, 0.4) is 0 Å². The molecule has 3 fully saturated rings. The predicted molar refractivity (Wildman–Crippen MR) is 102 cm³/mol. The summed E-state index contributed by atoms with van der Waals surface area (Å²) in [6, 6.07) is 1.73. The van der Waals surface area contributed by atoms with Crippen LogP contribution in [0, 0.1) is 18.8 Å². The zero-order valence-corrected chi connectivity index (χ0v) is 16.5. The van der Waals surface area contributed by atoms with E-state index in [2.05, 4.69) is 15.4 Å². The minimum Gasteiger partial charge on any atom is -0.379 e. The van der Waals surface area contributed by atoms with Crippen molar-refractivity contribution < 1.29 is 23.6 Å². The van der Waals surface area contributed by atoms with E-state index < -0.39 is 17.4 Å². The fourth-order valence-electron chi connectivity index (χ4n) is 4.93. The third-order valence-electron chi connectivity index (χ3n) is 6.35. The highest BCUT2D eigenvalue weighted by atomic mass is 16.5. The molecule has 1 N–H and O–H groups in total. The van der Waals surface area contributed by atoms with Gasteiger partial charge in [-0.25, -0.2) is 0 Å². The first kappa shape index (κ1) is 18.8. The number of rotatable bonds is 6. The van der Waals surface area contributed by atoms with Crippen LogP contribution in [0.2, 0.25) is 0 Å². The molecule has 3 saturated heterocycles. The summed E-state index contributed by atoms with van der Waals surface area (Å²) in [5, 5.41) is 6.99. The number of nitrogens with one attached hydrogen (secondary N) is 1. The Morgan fingerprint density at radius 3 is 2.97 bits per heavy atom. The smallest absolute Gasteiger partial charge is 0.235 e. The molecule has 0 radical (unpaired) electrons. The van der Waals surface area contributed by atoms with Gasteiger partial charge in [0.05, 0.1) is 37.7 Å². The number of aryl methyl sites for hydroxylation is 1. The predicted octanol–water partition coefficient (Wildman–Crippen LogP) is 0.108. The zero-order chi connectivity index (χ0) is 20.0.